The Bertz CT molecular complexity index is 1130. The van der Waals surface area contributed by atoms with Crippen molar-refractivity contribution in [2.45, 2.75) is 19.0 Å². The number of nitrogens with one attached hydrogen (secondary N) is 1. The first-order valence-corrected chi connectivity index (χ1v) is 8.68. The van der Waals surface area contributed by atoms with Crippen LogP contribution in [0.5, 0.6) is 0 Å². The number of nitrogens with zero attached hydrogens (tertiary/aromatic N) is 4. The molecule has 0 aliphatic carbocycles. The summed E-state index contributed by atoms with van der Waals surface area (Å²) in [6.07, 6.45) is 3.38. The monoisotopic (exact) mass is 399 g/mol. The average Bonchev–Trinajstić information content (AvgIpc) is 3.15. The van der Waals surface area contributed by atoms with E-state index in [2.05, 4.69) is 10.3 Å². The topological polar surface area (TPSA) is 110 Å². The first-order chi connectivity index (χ1) is 13.3. The Balaban J connectivity index is 1.61. The van der Waals surface area contributed by atoms with Gasteiger partial charge >= 0.3 is 6.03 Å². The van der Waals surface area contributed by atoms with Gasteiger partial charge in [-0.25, -0.2) is 9.78 Å². The van der Waals surface area contributed by atoms with Crippen LogP contribution in [-0.2, 0) is 16.9 Å². The highest BCUT2D eigenvalue weighted by molar-refractivity contribution is 6.30. The number of carbonyl (C=O) groups excluding carboxylic acids is 2. The lowest BCUT2D eigenvalue weighted by Gasteiger charge is -2.21. The van der Waals surface area contributed by atoms with Crippen molar-refractivity contribution in [1.82, 2.24) is 19.6 Å². The molecule has 3 amide bonds. The zero-order chi connectivity index (χ0) is 20.1. The van der Waals surface area contributed by atoms with Crippen LogP contribution < -0.4 is 5.32 Å². The maximum atomic E-state index is 13.0. The fraction of sp³-hybridized carbons (Fsp3) is 0.167. The van der Waals surface area contributed by atoms with Crippen molar-refractivity contribution in [3.05, 3.63) is 75.2 Å². The van der Waals surface area contributed by atoms with E-state index in [0.29, 0.717) is 21.9 Å². The average molecular weight is 400 g/mol. The number of nitro benzene ring substituents is 1. The van der Waals surface area contributed by atoms with Crippen molar-refractivity contribution in [3.8, 4) is 0 Å². The number of benzene rings is 1. The van der Waals surface area contributed by atoms with E-state index < -0.39 is 22.4 Å². The number of rotatable bonds is 4. The van der Waals surface area contributed by atoms with Gasteiger partial charge in [0.15, 0.2) is 0 Å². The molecule has 28 heavy (non-hydrogen) atoms. The standard InChI is InChI=1S/C18H14ClN5O4/c1-18(11-2-5-14(6-3-11)24(27)28)16(25)23(17(26)21-18)10-13-9-22-8-12(19)4-7-15(22)20-13/h2-9H,10H2,1H3,(H,21,26)/t18-/m1/s1. The van der Waals surface area contributed by atoms with Crippen molar-refractivity contribution in [2.75, 3.05) is 0 Å². The number of non-ortho nitro benzene ring substituents is 1. The Morgan fingerprint density at radius 2 is 1.89 bits per heavy atom. The third-order valence-corrected chi connectivity index (χ3v) is 4.94. The van der Waals surface area contributed by atoms with Crippen LogP contribution >= 0.6 is 11.6 Å². The number of imidazole rings is 1. The summed E-state index contributed by atoms with van der Waals surface area (Å²) in [7, 11) is 0. The fourth-order valence-electron chi connectivity index (χ4n) is 3.21. The molecule has 0 saturated carbocycles. The van der Waals surface area contributed by atoms with Gasteiger partial charge in [0.05, 0.1) is 22.2 Å². The Morgan fingerprint density at radius 1 is 1.18 bits per heavy atom. The number of hydrogen-bond donors (Lipinski definition) is 1. The molecule has 3 aromatic rings. The van der Waals surface area contributed by atoms with Crippen molar-refractivity contribution in [1.29, 1.82) is 0 Å². The lowest BCUT2D eigenvalue weighted by Crippen LogP contribution is -2.40. The van der Waals surface area contributed by atoms with Crippen molar-refractivity contribution >= 4 is 34.9 Å². The normalized spacial score (nSPS) is 19.3. The minimum absolute atomic E-state index is 0.00740. The van der Waals surface area contributed by atoms with Crippen molar-refractivity contribution in [2.24, 2.45) is 0 Å². The molecule has 3 heterocycles. The number of pyridine rings is 1. The van der Waals surface area contributed by atoms with E-state index in [1.165, 1.54) is 24.3 Å². The zero-order valence-electron chi connectivity index (χ0n) is 14.6. The molecule has 1 aromatic carbocycles. The van der Waals surface area contributed by atoms with E-state index in [4.69, 9.17) is 11.6 Å². The predicted molar refractivity (Wildman–Crippen MR) is 99.7 cm³/mol. The van der Waals surface area contributed by atoms with Crippen LogP contribution in [0.4, 0.5) is 10.5 Å². The summed E-state index contributed by atoms with van der Waals surface area (Å²) >= 11 is 5.96. The Labute approximate surface area is 163 Å². The van der Waals surface area contributed by atoms with Crippen LogP contribution in [0.3, 0.4) is 0 Å². The number of nitro groups is 1. The number of carbonyl (C=O) groups is 2. The number of aromatic nitrogens is 2. The van der Waals surface area contributed by atoms with Gasteiger partial charge in [0.2, 0.25) is 0 Å². The van der Waals surface area contributed by atoms with Gasteiger partial charge in [-0.15, -0.1) is 0 Å². The second-order valence-electron chi connectivity index (χ2n) is 6.60. The van der Waals surface area contributed by atoms with Crippen LogP contribution in [-0.4, -0.2) is 31.1 Å². The van der Waals surface area contributed by atoms with Crippen molar-refractivity contribution in [3.63, 3.8) is 0 Å². The summed E-state index contributed by atoms with van der Waals surface area (Å²) in [5.74, 6) is -0.457. The summed E-state index contributed by atoms with van der Waals surface area (Å²) < 4.78 is 1.71. The smallest absolute Gasteiger partial charge is 0.319 e. The Hall–Kier alpha value is -3.46. The lowest BCUT2D eigenvalue weighted by atomic mass is 9.92. The molecule has 9 nitrogen and oxygen atoms in total. The SMILES string of the molecule is C[C@]1(c2ccc([N+](=O)[O-])cc2)NC(=O)N(Cc2cn3cc(Cl)ccc3n2)C1=O. The molecule has 4 rings (SSSR count). The van der Waals surface area contributed by atoms with E-state index in [-0.39, 0.29) is 12.2 Å². The molecule has 1 aliphatic heterocycles. The van der Waals surface area contributed by atoms with E-state index >= 15 is 0 Å². The summed E-state index contributed by atoms with van der Waals surface area (Å²) in [6, 6.07) is 8.41. The number of urea groups is 1. The minimum Gasteiger partial charge on any atom is -0.319 e. The van der Waals surface area contributed by atoms with E-state index in [1.54, 1.807) is 35.9 Å². The van der Waals surface area contributed by atoms with Gasteiger partial charge in [-0.05, 0) is 36.8 Å². The summed E-state index contributed by atoms with van der Waals surface area (Å²) in [6.45, 7) is 1.56. The summed E-state index contributed by atoms with van der Waals surface area (Å²) in [5.41, 5.74) is 0.225. The van der Waals surface area contributed by atoms with Gasteiger partial charge in [0.1, 0.15) is 11.2 Å². The first kappa shape index (κ1) is 17.9. The van der Waals surface area contributed by atoms with Gasteiger partial charge in [-0.1, -0.05) is 11.6 Å². The quantitative estimate of drug-likeness (QED) is 0.412. The minimum atomic E-state index is -1.31. The van der Waals surface area contributed by atoms with Crippen LogP contribution in [0, 0.1) is 10.1 Å². The fourth-order valence-corrected chi connectivity index (χ4v) is 3.38. The zero-order valence-corrected chi connectivity index (χ0v) is 15.4. The molecule has 0 unspecified atom stereocenters. The second-order valence-corrected chi connectivity index (χ2v) is 7.03. The highest BCUT2D eigenvalue weighted by Crippen LogP contribution is 2.30. The lowest BCUT2D eigenvalue weighted by molar-refractivity contribution is -0.384. The van der Waals surface area contributed by atoms with Gasteiger partial charge < -0.3 is 9.72 Å². The highest BCUT2D eigenvalue weighted by atomic mass is 35.5. The number of halogens is 1. The van der Waals surface area contributed by atoms with Crippen molar-refractivity contribution < 1.29 is 14.5 Å². The van der Waals surface area contributed by atoms with Gasteiger partial charge in [0.25, 0.3) is 11.6 Å². The summed E-state index contributed by atoms with van der Waals surface area (Å²) in [4.78, 5) is 41.2. The highest BCUT2D eigenvalue weighted by Gasteiger charge is 2.49. The molecule has 1 aliphatic rings. The maximum Gasteiger partial charge on any atom is 0.325 e. The van der Waals surface area contributed by atoms with E-state index in [9.17, 15) is 19.7 Å². The van der Waals surface area contributed by atoms with Gasteiger partial charge in [-0.2, -0.15) is 0 Å². The Morgan fingerprint density at radius 3 is 2.57 bits per heavy atom. The number of fused-ring (bicyclic) bond motifs is 1. The maximum absolute atomic E-state index is 13.0. The predicted octanol–water partition coefficient (Wildman–Crippen LogP) is 2.86. The molecule has 142 valence electrons. The van der Waals surface area contributed by atoms with Gasteiger partial charge in [0, 0.05) is 24.5 Å². The molecule has 0 bridgehead atoms. The third-order valence-electron chi connectivity index (χ3n) is 4.72. The number of amides is 3. The molecular weight excluding hydrogens is 386 g/mol. The van der Waals surface area contributed by atoms with E-state index in [1.807, 2.05) is 0 Å². The van der Waals surface area contributed by atoms with Crippen LogP contribution in [0.25, 0.3) is 5.65 Å². The van der Waals surface area contributed by atoms with Crippen LogP contribution in [0.2, 0.25) is 5.02 Å². The molecule has 2 aromatic heterocycles. The molecule has 1 fully saturated rings. The molecule has 10 heteroatoms. The molecule has 1 saturated heterocycles. The van der Waals surface area contributed by atoms with E-state index in [0.717, 1.165) is 4.90 Å². The number of hydrogen-bond acceptors (Lipinski definition) is 5. The summed E-state index contributed by atoms with van der Waals surface area (Å²) in [5, 5.41) is 14.0. The number of imide groups is 1. The first-order valence-electron chi connectivity index (χ1n) is 8.30. The molecule has 1 N–H and O–H groups in total. The largest absolute Gasteiger partial charge is 0.325 e. The van der Waals surface area contributed by atoms with Crippen LogP contribution in [0.1, 0.15) is 18.2 Å². The molecular formula is C18H14ClN5O4. The third kappa shape index (κ3) is 2.85. The van der Waals surface area contributed by atoms with Gasteiger partial charge in [-0.3, -0.25) is 19.8 Å². The Kier molecular flexibility index (Phi) is 4.04. The molecule has 1 atom stereocenters. The molecule has 0 spiro atoms. The second kappa shape index (κ2) is 6.31. The molecule has 0 radical (unpaired) electrons. The van der Waals surface area contributed by atoms with Crippen LogP contribution in [0.15, 0.2) is 48.8 Å².